The molecule has 0 bridgehead atoms. The molecule has 0 spiro atoms. The van der Waals surface area contributed by atoms with E-state index >= 15 is 0 Å². The summed E-state index contributed by atoms with van der Waals surface area (Å²) in [5, 5.41) is 13.1. The van der Waals surface area contributed by atoms with E-state index in [1.54, 1.807) is 0 Å². The second-order valence-electron chi connectivity index (χ2n) is 5.05. The summed E-state index contributed by atoms with van der Waals surface area (Å²) in [4.78, 5) is 22.0. The van der Waals surface area contributed by atoms with Crippen LogP contribution in [0.5, 0.6) is 5.75 Å². The molecule has 0 aliphatic heterocycles. The standard InChI is InChI=1S/C16H12ClF3N2O4/c17-14-9-11(22(24)25)3-6-13(14)15(23)21-7-8-26-12-4-1-10(2-5-12)16(18,19)20/h1-6,9H,7-8H2,(H,21,23). The van der Waals surface area contributed by atoms with E-state index < -0.39 is 22.6 Å². The summed E-state index contributed by atoms with van der Waals surface area (Å²) in [6, 6.07) is 7.59. The third-order valence-electron chi connectivity index (χ3n) is 3.25. The van der Waals surface area contributed by atoms with Crippen LogP contribution in [0.4, 0.5) is 18.9 Å². The number of hydrogen-bond acceptors (Lipinski definition) is 4. The number of nitrogens with zero attached hydrogens (tertiary/aromatic N) is 1. The molecule has 0 aromatic heterocycles. The van der Waals surface area contributed by atoms with Gasteiger partial charge in [0.15, 0.2) is 0 Å². The predicted molar refractivity (Wildman–Crippen MR) is 87.4 cm³/mol. The van der Waals surface area contributed by atoms with Gasteiger partial charge >= 0.3 is 6.18 Å². The quantitative estimate of drug-likeness (QED) is 0.459. The predicted octanol–water partition coefficient (Wildman–Crippen LogP) is 4.08. The summed E-state index contributed by atoms with van der Waals surface area (Å²) in [5.41, 5.74) is -0.963. The summed E-state index contributed by atoms with van der Waals surface area (Å²) < 4.78 is 42.6. The number of rotatable bonds is 6. The minimum absolute atomic E-state index is 0.0156. The smallest absolute Gasteiger partial charge is 0.416 e. The highest BCUT2D eigenvalue weighted by Gasteiger charge is 2.30. The van der Waals surface area contributed by atoms with Crippen LogP contribution in [0, 0.1) is 10.1 Å². The molecule has 2 aromatic carbocycles. The lowest BCUT2D eigenvalue weighted by molar-refractivity contribution is -0.384. The number of nitro benzene ring substituents is 1. The Labute approximate surface area is 150 Å². The normalized spacial score (nSPS) is 11.1. The van der Waals surface area contributed by atoms with E-state index in [0.29, 0.717) is 0 Å². The number of non-ortho nitro benzene ring substituents is 1. The lowest BCUT2D eigenvalue weighted by Crippen LogP contribution is -2.28. The molecule has 0 saturated carbocycles. The number of alkyl halides is 3. The molecular weight excluding hydrogens is 377 g/mol. The summed E-state index contributed by atoms with van der Waals surface area (Å²) in [5.74, 6) is -0.332. The topological polar surface area (TPSA) is 81.5 Å². The van der Waals surface area contributed by atoms with E-state index in [0.717, 1.165) is 24.3 Å². The van der Waals surface area contributed by atoms with Crippen molar-refractivity contribution in [1.82, 2.24) is 5.32 Å². The van der Waals surface area contributed by atoms with Gasteiger partial charge < -0.3 is 10.1 Å². The van der Waals surface area contributed by atoms with E-state index in [9.17, 15) is 28.1 Å². The lowest BCUT2D eigenvalue weighted by atomic mass is 10.2. The van der Waals surface area contributed by atoms with Crippen molar-refractivity contribution in [2.75, 3.05) is 13.2 Å². The minimum atomic E-state index is -4.42. The summed E-state index contributed by atoms with van der Waals surface area (Å²) in [7, 11) is 0. The van der Waals surface area contributed by atoms with Crippen molar-refractivity contribution in [2.24, 2.45) is 0 Å². The van der Waals surface area contributed by atoms with Crippen molar-refractivity contribution >= 4 is 23.2 Å². The monoisotopic (exact) mass is 388 g/mol. The molecule has 0 fully saturated rings. The maximum Gasteiger partial charge on any atom is 0.416 e. The summed E-state index contributed by atoms with van der Waals surface area (Å²) >= 11 is 5.84. The zero-order valence-electron chi connectivity index (χ0n) is 13.0. The lowest BCUT2D eigenvalue weighted by Gasteiger charge is -2.10. The first kappa shape index (κ1) is 19.5. The Morgan fingerprint density at radius 1 is 1.19 bits per heavy atom. The highest BCUT2D eigenvalue weighted by atomic mass is 35.5. The Morgan fingerprint density at radius 3 is 2.38 bits per heavy atom. The summed E-state index contributed by atoms with van der Waals surface area (Å²) in [6.45, 7) is 0.0783. The third kappa shape index (κ3) is 5.09. The fourth-order valence-corrected chi connectivity index (χ4v) is 2.23. The first-order chi connectivity index (χ1) is 12.2. The van der Waals surface area contributed by atoms with Gasteiger partial charge in [-0.25, -0.2) is 0 Å². The molecular formula is C16H12ClF3N2O4. The van der Waals surface area contributed by atoms with Gasteiger partial charge in [-0.3, -0.25) is 14.9 Å². The number of halogens is 4. The zero-order valence-corrected chi connectivity index (χ0v) is 13.8. The molecule has 1 N–H and O–H groups in total. The molecule has 0 atom stereocenters. The van der Waals surface area contributed by atoms with Crippen molar-refractivity contribution in [1.29, 1.82) is 0 Å². The van der Waals surface area contributed by atoms with Crippen LogP contribution < -0.4 is 10.1 Å². The molecule has 0 saturated heterocycles. The van der Waals surface area contributed by atoms with Gasteiger partial charge in [0.05, 0.1) is 27.6 Å². The zero-order chi connectivity index (χ0) is 19.3. The van der Waals surface area contributed by atoms with Crippen LogP contribution in [-0.2, 0) is 6.18 Å². The number of hydrogen-bond donors (Lipinski definition) is 1. The second-order valence-corrected chi connectivity index (χ2v) is 5.45. The van der Waals surface area contributed by atoms with E-state index in [1.165, 1.54) is 18.2 Å². The minimum Gasteiger partial charge on any atom is -0.492 e. The van der Waals surface area contributed by atoms with E-state index in [4.69, 9.17) is 16.3 Å². The molecule has 0 aliphatic rings. The number of carbonyl (C=O) groups excluding carboxylic acids is 1. The number of carbonyl (C=O) groups is 1. The van der Waals surface area contributed by atoms with Crippen LogP contribution in [0.25, 0.3) is 0 Å². The van der Waals surface area contributed by atoms with Crippen molar-refractivity contribution in [3.63, 3.8) is 0 Å². The number of nitro groups is 1. The Hall–Kier alpha value is -2.81. The SMILES string of the molecule is O=C(NCCOc1ccc(C(F)(F)F)cc1)c1ccc([N+](=O)[O-])cc1Cl. The van der Waals surface area contributed by atoms with Gasteiger partial charge in [0.1, 0.15) is 12.4 Å². The van der Waals surface area contributed by atoms with Gasteiger partial charge in [0, 0.05) is 12.1 Å². The molecule has 10 heteroatoms. The fraction of sp³-hybridized carbons (Fsp3) is 0.188. The van der Waals surface area contributed by atoms with Gasteiger partial charge in [0.25, 0.3) is 11.6 Å². The number of benzene rings is 2. The van der Waals surface area contributed by atoms with Gasteiger partial charge in [-0.1, -0.05) is 11.6 Å². The maximum absolute atomic E-state index is 12.4. The van der Waals surface area contributed by atoms with Gasteiger partial charge in [-0.2, -0.15) is 13.2 Å². The summed E-state index contributed by atoms with van der Waals surface area (Å²) in [6.07, 6.45) is -4.42. The Bertz CT molecular complexity index is 810. The highest BCUT2D eigenvalue weighted by molar-refractivity contribution is 6.34. The van der Waals surface area contributed by atoms with Crippen LogP contribution in [-0.4, -0.2) is 24.0 Å². The number of amides is 1. The molecule has 138 valence electrons. The average molecular weight is 389 g/mol. The molecule has 1 amide bonds. The maximum atomic E-state index is 12.4. The molecule has 0 unspecified atom stereocenters. The van der Waals surface area contributed by atoms with Crippen molar-refractivity contribution in [3.8, 4) is 5.75 Å². The average Bonchev–Trinajstić information content (AvgIpc) is 2.58. The van der Waals surface area contributed by atoms with Crippen molar-refractivity contribution in [2.45, 2.75) is 6.18 Å². The molecule has 2 rings (SSSR count). The first-order valence-electron chi connectivity index (χ1n) is 7.20. The van der Waals surface area contributed by atoms with E-state index in [-0.39, 0.29) is 35.2 Å². The van der Waals surface area contributed by atoms with Crippen LogP contribution >= 0.6 is 11.6 Å². The van der Waals surface area contributed by atoms with Crippen molar-refractivity contribution in [3.05, 3.63) is 68.7 Å². The molecule has 26 heavy (non-hydrogen) atoms. The van der Waals surface area contributed by atoms with Gasteiger partial charge in [-0.05, 0) is 30.3 Å². The highest BCUT2D eigenvalue weighted by Crippen LogP contribution is 2.30. The Morgan fingerprint density at radius 2 is 1.85 bits per heavy atom. The van der Waals surface area contributed by atoms with Crippen LogP contribution in [0.1, 0.15) is 15.9 Å². The first-order valence-corrected chi connectivity index (χ1v) is 7.58. The van der Waals surface area contributed by atoms with Crippen LogP contribution in [0.15, 0.2) is 42.5 Å². The Balaban J connectivity index is 1.84. The van der Waals surface area contributed by atoms with Gasteiger partial charge in [-0.15, -0.1) is 0 Å². The second kappa shape index (κ2) is 8.05. The Kier molecular flexibility index (Phi) is 6.04. The van der Waals surface area contributed by atoms with Crippen LogP contribution in [0.3, 0.4) is 0 Å². The fourth-order valence-electron chi connectivity index (χ4n) is 1.97. The molecule has 6 nitrogen and oxygen atoms in total. The van der Waals surface area contributed by atoms with Gasteiger partial charge in [0.2, 0.25) is 0 Å². The van der Waals surface area contributed by atoms with E-state index in [1.807, 2.05) is 0 Å². The van der Waals surface area contributed by atoms with Crippen molar-refractivity contribution < 1.29 is 27.6 Å². The molecule has 0 aliphatic carbocycles. The number of nitrogens with one attached hydrogen (secondary N) is 1. The largest absolute Gasteiger partial charge is 0.492 e. The van der Waals surface area contributed by atoms with E-state index in [2.05, 4.69) is 5.32 Å². The molecule has 0 radical (unpaired) electrons. The third-order valence-corrected chi connectivity index (χ3v) is 3.56. The molecule has 2 aromatic rings. The molecule has 0 heterocycles. The van der Waals surface area contributed by atoms with Crippen LogP contribution in [0.2, 0.25) is 5.02 Å². The number of ether oxygens (including phenoxy) is 1.